The number of pyridine rings is 1. The molecule has 2 N–H and O–H groups in total. The largest absolute Gasteiger partial charge is 0.330 e. The van der Waals surface area contributed by atoms with E-state index < -0.39 is 0 Å². The predicted octanol–water partition coefficient (Wildman–Crippen LogP) is 2.36. The van der Waals surface area contributed by atoms with E-state index in [4.69, 9.17) is 17.3 Å². The van der Waals surface area contributed by atoms with Gasteiger partial charge in [-0.15, -0.1) is 0 Å². The number of amides is 1. The number of carbonyl (C=O) groups is 1. The maximum Gasteiger partial charge on any atom is 0.227 e. The fourth-order valence-electron chi connectivity index (χ4n) is 2.11. The minimum Gasteiger partial charge on any atom is -0.330 e. The third-order valence-electron chi connectivity index (χ3n) is 3.19. The Labute approximate surface area is 145 Å². The molecular formula is C15H20ClN5OS. The highest BCUT2D eigenvalue weighted by Crippen LogP contribution is 2.26. The summed E-state index contributed by atoms with van der Waals surface area (Å²) in [6.45, 7) is 3.08. The number of carbonyl (C=O) groups excluding carboxylic acids is 1. The van der Waals surface area contributed by atoms with Crippen LogP contribution in [0.2, 0.25) is 5.15 Å². The lowest BCUT2D eigenvalue weighted by Crippen LogP contribution is -2.30. The highest BCUT2D eigenvalue weighted by atomic mass is 35.5. The minimum atomic E-state index is 0.0321. The first-order chi connectivity index (χ1) is 11.2. The van der Waals surface area contributed by atoms with E-state index in [2.05, 4.69) is 10.1 Å². The smallest absolute Gasteiger partial charge is 0.227 e. The first-order valence-electron chi connectivity index (χ1n) is 7.41. The zero-order valence-electron chi connectivity index (χ0n) is 13.0. The summed E-state index contributed by atoms with van der Waals surface area (Å²) < 4.78 is 1.63. The lowest BCUT2D eigenvalue weighted by atomic mass is 10.3. The molecular weight excluding hydrogens is 334 g/mol. The lowest BCUT2D eigenvalue weighted by Gasteiger charge is -2.19. The molecule has 2 heterocycles. The van der Waals surface area contributed by atoms with Crippen LogP contribution < -0.4 is 10.6 Å². The van der Waals surface area contributed by atoms with Gasteiger partial charge in [-0.3, -0.25) is 9.78 Å². The Morgan fingerprint density at radius 1 is 1.48 bits per heavy atom. The highest BCUT2D eigenvalue weighted by Gasteiger charge is 2.19. The molecule has 23 heavy (non-hydrogen) atoms. The highest BCUT2D eigenvalue weighted by molar-refractivity contribution is 7.99. The Balaban J connectivity index is 2.12. The van der Waals surface area contributed by atoms with Gasteiger partial charge in [0.25, 0.3) is 0 Å². The first kappa shape index (κ1) is 17.8. The van der Waals surface area contributed by atoms with Crippen LogP contribution in [0.5, 0.6) is 0 Å². The summed E-state index contributed by atoms with van der Waals surface area (Å²) in [5.74, 6) is 1.64. The van der Waals surface area contributed by atoms with Gasteiger partial charge in [-0.25, -0.2) is 4.68 Å². The van der Waals surface area contributed by atoms with E-state index >= 15 is 0 Å². The van der Waals surface area contributed by atoms with Crippen molar-refractivity contribution in [2.24, 2.45) is 5.73 Å². The summed E-state index contributed by atoms with van der Waals surface area (Å²) in [4.78, 5) is 18.1. The molecule has 8 heteroatoms. The summed E-state index contributed by atoms with van der Waals surface area (Å²) in [5, 5.41) is 4.57. The molecule has 1 amide bonds. The van der Waals surface area contributed by atoms with E-state index in [1.807, 2.05) is 19.1 Å². The van der Waals surface area contributed by atoms with Gasteiger partial charge in [0.2, 0.25) is 5.91 Å². The molecule has 0 spiro atoms. The molecule has 0 unspecified atom stereocenters. The van der Waals surface area contributed by atoms with Gasteiger partial charge in [-0.1, -0.05) is 11.6 Å². The molecule has 124 valence electrons. The van der Waals surface area contributed by atoms with Crippen LogP contribution >= 0.6 is 23.4 Å². The summed E-state index contributed by atoms with van der Waals surface area (Å²) in [6, 6.07) is 3.70. The van der Waals surface area contributed by atoms with E-state index in [9.17, 15) is 4.79 Å². The van der Waals surface area contributed by atoms with Crippen LogP contribution in [0.1, 0.15) is 13.3 Å². The number of halogens is 1. The zero-order valence-corrected chi connectivity index (χ0v) is 14.6. The summed E-state index contributed by atoms with van der Waals surface area (Å²) >= 11 is 7.90. The van der Waals surface area contributed by atoms with Crippen LogP contribution in [0.4, 0.5) is 5.69 Å². The van der Waals surface area contributed by atoms with E-state index in [1.54, 1.807) is 39.9 Å². The van der Waals surface area contributed by atoms with Crippen molar-refractivity contribution in [1.82, 2.24) is 14.8 Å². The second kappa shape index (κ2) is 8.90. The summed E-state index contributed by atoms with van der Waals surface area (Å²) in [7, 11) is 0. The number of nitrogens with two attached hydrogens (primary N) is 1. The van der Waals surface area contributed by atoms with Gasteiger partial charge >= 0.3 is 0 Å². The fourth-order valence-corrected chi connectivity index (χ4v) is 3.03. The van der Waals surface area contributed by atoms with Gasteiger partial charge in [0.1, 0.15) is 5.69 Å². The third-order valence-corrected chi connectivity index (χ3v) is 4.48. The Morgan fingerprint density at radius 2 is 2.30 bits per heavy atom. The SMILES string of the molecule is CCN(C(=O)CCSCCN)c1cn(-c2cccnc2)nc1Cl. The average Bonchev–Trinajstić information content (AvgIpc) is 2.95. The van der Waals surface area contributed by atoms with Gasteiger partial charge in [0, 0.05) is 37.2 Å². The zero-order chi connectivity index (χ0) is 16.7. The quantitative estimate of drug-likeness (QED) is 0.737. The number of aromatic nitrogens is 3. The Morgan fingerprint density at radius 3 is 2.96 bits per heavy atom. The number of hydrogen-bond donors (Lipinski definition) is 1. The van der Waals surface area contributed by atoms with E-state index in [0.29, 0.717) is 30.4 Å². The van der Waals surface area contributed by atoms with Crippen molar-refractivity contribution >= 4 is 35.0 Å². The number of hydrogen-bond acceptors (Lipinski definition) is 5. The van der Waals surface area contributed by atoms with Crippen LogP contribution in [0.3, 0.4) is 0 Å². The minimum absolute atomic E-state index is 0.0321. The molecule has 6 nitrogen and oxygen atoms in total. The van der Waals surface area contributed by atoms with Crippen molar-refractivity contribution in [3.8, 4) is 5.69 Å². The van der Waals surface area contributed by atoms with E-state index in [1.165, 1.54) is 0 Å². The van der Waals surface area contributed by atoms with Crippen LogP contribution in [0, 0.1) is 0 Å². The second-order valence-corrected chi connectivity index (χ2v) is 6.33. The molecule has 2 rings (SSSR count). The lowest BCUT2D eigenvalue weighted by molar-refractivity contribution is -0.118. The Kier molecular flexibility index (Phi) is 6.88. The van der Waals surface area contributed by atoms with Crippen LogP contribution in [0.25, 0.3) is 5.69 Å². The molecule has 2 aromatic heterocycles. The van der Waals surface area contributed by atoms with Crippen LogP contribution in [-0.2, 0) is 4.79 Å². The van der Waals surface area contributed by atoms with Gasteiger partial charge in [0.15, 0.2) is 5.15 Å². The van der Waals surface area contributed by atoms with Crippen molar-refractivity contribution in [3.05, 3.63) is 35.9 Å². The van der Waals surface area contributed by atoms with Crippen molar-refractivity contribution in [1.29, 1.82) is 0 Å². The van der Waals surface area contributed by atoms with Crippen molar-refractivity contribution < 1.29 is 4.79 Å². The molecule has 0 aromatic carbocycles. The van der Waals surface area contributed by atoms with Crippen molar-refractivity contribution in [2.75, 3.05) is 29.5 Å². The average molecular weight is 354 g/mol. The summed E-state index contributed by atoms with van der Waals surface area (Å²) in [6.07, 6.45) is 5.59. The molecule has 0 bridgehead atoms. The molecule has 0 radical (unpaired) electrons. The number of rotatable bonds is 8. The Bertz CT molecular complexity index is 634. The Hall–Kier alpha value is -1.57. The maximum absolute atomic E-state index is 12.4. The maximum atomic E-state index is 12.4. The first-order valence-corrected chi connectivity index (χ1v) is 8.94. The van der Waals surface area contributed by atoms with Crippen molar-refractivity contribution in [2.45, 2.75) is 13.3 Å². The normalized spacial score (nSPS) is 10.7. The topological polar surface area (TPSA) is 77.0 Å². The molecule has 0 fully saturated rings. The summed E-state index contributed by atoms with van der Waals surface area (Å²) in [5.41, 5.74) is 6.86. The van der Waals surface area contributed by atoms with Gasteiger partial charge in [0.05, 0.1) is 18.1 Å². The van der Waals surface area contributed by atoms with Gasteiger partial charge in [-0.2, -0.15) is 16.9 Å². The second-order valence-electron chi connectivity index (χ2n) is 4.75. The molecule has 0 atom stereocenters. The molecule has 0 saturated carbocycles. The molecule has 0 aliphatic heterocycles. The van der Waals surface area contributed by atoms with Crippen LogP contribution in [0.15, 0.2) is 30.7 Å². The van der Waals surface area contributed by atoms with Crippen molar-refractivity contribution in [3.63, 3.8) is 0 Å². The molecule has 2 aromatic rings. The van der Waals surface area contributed by atoms with Gasteiger partial charge < -0.3 is 10.6 Å². The monoisotopic (exact) mass is 353 g/mol. The predicted molar refractivity (Wildman–Crippen MR) is 95.4 cm³/mol. The van der Waals surface area contributed by atoms with E-state index in [-0.39, 0.29) is 5.91 Å². The molecule has 0 aliphatic rings. The molecule has 0 saturated heterocycles. The standard InChI is InChI=1S/C15H20ClN5OS/c1-2-20(14(22)5-8-23-9-6-17)13-11-21(19-15(13)16)12-4-3-7-18-10-12/h3-4,7,10-11H,2,5-6,8-9,17H2,1H3. The number of nitrogens with zero attached hydrogens (tertiary/aromatic N) is 4. The van der Waals surface area contributed by atoms with Crippen LogP contribution in [-0.4, -0.2) is 45.3 Å². The fraction of sp³-hybridized carbons (Fsp3) is 0.400. The number of thioether (sulfide) groups is 1. The number of anilines is 1. The van der Waals surface area contributed by atoms with E-state index in [0.717, 1.165) is 17.2 Å². The van der Waals surface area contributed by atoms with Gasteiger partial charge in [-0.05, 0) is 19.1 Å². The third kappa shape index (κ3) is 4.70. The molecule has 0 aliphatic carbocycles.